The number of imide groups is 1. The van der Waals surface area contributed by atoms with Gasteiger partial charge < -0.3 is 4.74 Å². The van der Waals surface area contributed by atoms with Gasteiger partial charge in [-0.15, -0.1) is 11.3 Å². The molecule has 1 fully saturated rings. The second-order valence-electron chi connectivity index (χ2n) is 6.94. The zero-order valence-electron chi connectivity index (χ0n) is 16.5. The number of hydrazine groups is 1. The number of carbonyl (C=O) groups is 3. The molecule has 160 valence electrons. The molecule has 1 atom stereocenters. The Kier molecular flexibility index (Phi) is 5.90. The molecule has 3 amide bonds. The zero-order valence-corrected chi connectivity index (χ0v) is 18.8. The number of rotatable bonds is 5. The summed E-state index contributed by atoms with van der Waals surface area (Å²) in [6.07, 6.45) is -0.121. The second-order valence-corrected chi connectivity index (χ2v) is 8.77. The van der Waals surface area contributed by atoms with Crippen molar-refractivity contribution in [1.82, 2.24) is 10.9 Å². The number of benzene rings is 2. The molecule has 0 unspecified atom stereocenters. The topological polar surface area (TPSA) is 87.7 Å². The van der Waals surface area contributed by atoms with Gasteiger partial charge in [0.25, 0.3) is 11.8 Å². The smallest absolute Gasteiger partial charge is 0.277 e. The predicted molar refractivity (Wildman–Crippen MR) is 121 cm³/mol. The van der Waals surface area contributed by atoms with E-state index in [1.807, 2.05) is 24.3 Å². The Hall–Kier alpha value is -2.65. The van der Waals surface area contributed by atoms with Gasteiger partial charge in [-0.05, 0) is 24.6 Å². The summed E-state index contributed by atoms with van der Waals surface area (Å²) in [5, 5.41) is 1.58. The van der Waals surface area contributed by atoms with Crippen LogP contribution in [0.4, 0.5) is 5.69 Å². The van der Waals surface area contributed by atoms with Gasteiger partial charge in [-0.3, -0.25) is 19.8 Å². The Labute approximate surface area is 191 Å². The highest BCUT2D eigenvalue weighted by atomic mass is 35.5. The molecular weight excluding hydrogens is 461 g/mol. The van der Waals surface area contributed by atoms with Crippen LogP contribution in [0.2, 0.25) is 10.0 Å². The number of hydrogen-bond donors (Lipinski definition) is 2. The van der Waals surface area contributed by atoms with E-state index in [2.05, 4.69) is 10.9 Å². The average molecular weight is 478 g/mol. The van der Waals surface area contributed by atoms with Gasteiger partial charge in [-0.1, -0.05) is 41.4 Å². The molecule has 1 saturated heterocycles. The third kappa shape index (κ3) is 3.87. The van der Waals surface area contributed by atoms with Crippen molar-refractivity contribution in [2.75, 3.05) is 12.0 Å². The van der Waals surface area contributed by atoms with Crippen molar-refractivity contribution in [3.8, 4) is 5.75 Å². The SMILES string of the molecule is COc1cc(Cl)c(C)cc1N1C(=O)C[C@H](NNC(=O)c2sc3ccccc3c2Cl)C1=O. The summed E-state index contributed by atoms with van der Waals surface area (Å²) in [6.45, 7) is 1.76. The van der Waals surface area contributed by atoms with Crippen molar-refractivity contribution in [2.45, 2.75) is 19.4 Å². The third-order valence-electron chi connectivity index (χ3n) is 4.95. The molecule has 1 aromatic heterocycles. The normalized spacial score (nSPS) is 16.3. The van der Waals surface area contributed by atoms with E-state index in [-0.39, 0.29) is 6.42 Å². The van der Waals surface area contributed by atoms with Crippen molar-refractivity contribution in [3.05, 3.63) is 56.9 Å². The fourth-order valence-corrected chi connectivity index (χ4v) is 4.92. The number of hydrogen-bond acceptors (Lipinski definition) is 6. The molecule has 1 aliphatic heterocycles. The molecule has 3 aromatic rings. The Bertz CT molecular complexity index is 1230. The van der Waals surface area contributed by atoms with Crippen LogP contribution in [0.1, 0.15) is 21.7 Å². The maximum atomic E-state index is 12.9. The van der Waals surface area contributed by atoms with Crippen LogP contribution in [0.3, 0.4) is 0 Å². The summed E-state index contributed by atoms with van der Waals surface area (Å²) in [5.74, 6) is -1.10. The lowest BCUT2D eigenvalue weighted by atomic mass is 10.2. The largest absolute Gasteiger partial charge is 0.495 e. The number of carbonyl (C=O) groups excluding carboxylic acids is 3. The van der Waals surface area contributed by atoms with Gasteiger partial charge >= 0.3 is 0 Å². The molecular formula is C21H17Cl2N3O4S. The molecule has 0 bridgehead atoms. The number of amides is 3. The highest BCUT2D eigenvalue weighted by Gasteiger charge is 2.41. The number of methoxy groups -OCH3 is 1. The maximum Gasteiger partial charge on any atom is 0.277 e. The average Bonchev–Trinajstić information content (AvgIpc) is 3.24. The van der Waals surface area contributed by atoms with E-state index >= 15 is 0 Å². The quantitative estimate of drug-likeness (QED) is 0.426. The number of anilines is 1. The van der Waals surface area contributed by atoms with Gasteiger partial charge in [0.2, 0.25) is 5.91 Å². The Balaban J connectivity index is 1.51. The van der Waals surface area contributed by atoms with Gasteiger partial charge in [0.15, 0.2) is 0 Å². The van der Waals surface area contributed by atoms with E-state index < -0.39 is 23.8 Å². The van der Waals surface area contributed by atoms with E-state index in [1.165, 1.54) is 18.4 Å². The minimum Gasteiger partial charge on any atom is -0.495 e. The van der Waals surface area contributed by atoms with Crippen LogP contribution in [0.5, 0.6) is 5.75 Å². The van der Waals surface area contributed by atoms with E-state index in [0.29, 0.717) is 31.9 Å². The van der Waals surface area contributed by atoms with E-state index in [1.54, 1.807) is 19.1 Å². The first kappa shape index (κ1) is 21.6. The maximum absolute atomic E-state index is 12.9. The molecule has 0 radical (unpaired) electrons. The molecule has 2 heterocycles. The summed E-state index contributed by atoms with van der Waals surface area (Å²) in [5.41, 5.74) is 6.17. The van der Waals surface area contributed by atoms with Crippen LogP contribution in [0.15, 0.2) is 36.4 Å². The number of halogens is 2. The summed E-state index contributed by atoms with van der Waals surface area (Å²) in [7, 11) is 1.43. The number of fused-ring (bicyclic) bond motifs is 1. The predicted octanol–water partition coefficient (Wildman–Crippen LogP) is 4.09. The van der Waals surface area contributed by atoms with E-state index in [9.17, 15) is 14.4 Å². The van der Waals surface area contributed by atoms with E-state index in [4.69, 9.17) is 27.9 Å². The summed E-state index contributed by atoms with van der Waals surface area (Å²) >= 11 is 13.7. The zero-order chi connectivity index (χ0) is 22.3. The third-order valence-corrected chi connectivity index (χ3v) is 7.03. The molecule has 31 heavy (non-hydrogen) atoms. The molecule has 0 aliphatic carbocycles. The standard InChI is InChI=1S/C21H17Cl2N3O4S/c1-10-7-14(15(30-2)8-12(10)22)26-17(27)9-13(21(26)29)24-25-20(28)19-18(23)11-5-3-4-6-16(11)31-19/h3-8,13,24H,9H2,1-2H3,(H,25,28)/t13-/m0/s1. The number of aryl methyl sites for hydroxylation is 1. The lowest BCUT2D eigenvalue weighted by Gasteiger charge is -2.19. The monoisotopic (exact) mass is 477 g/mol. The van der Waals surface area contributed by atoms with Crippen LogP contribution in [0.25, 0.3) is 10.1 Å². The fraction of sp³-hybridized carbons (Fsp3) is 0.190. The van der Waals surface area contributed by atoms with Crippen LogP contribution in [-0.2, 0) is 9.59 Å². The second kappa shape index (κ2) is 8.47. The molecule has 7 nitrogen and oxygen atoms in total. The van der Waals surface area contributed by atoms with Gasteiger partial charge in [0.1, 0.15) is 16.7 Å². The molecule has 0 spiro atoms. The first-order chi connectivity index (χ1) is 14.8. The highest BCUT2D eigenvalue weighted by Crippen LogP contribution is 2.37. The van der Waals surface area contributed by atoms with Gasteiger partial charge in [-0.25, -0.2) is 10.3 Å². The van der Waals surface area contributed by atoms with Gasteiger partial charge in [0.05, 0.1) is 24.2 Å². The Morgan fingerprint density at radius 3 is 2.68 bits per heavy atom. The highest BCUT2D eigenvalue weighted by molar-refractivity contribution is 7.21. The Morgan fingerprint density at radius 1 is 1.23 bits per heavy atom. The first-order valence-corrected chi connectivity index (χ1v) is 10.8. The van der Waals surface area contributed by atoms with Crippen molar-refractivity contribution in [1.29, 1.82) is 0 Å². The lowest BCUT2D eigenvalue weighted by Crippen LogP contribution is -2.48. The Morgan fingerprint density at radius 2 is 1.97 bits per heavy atom. The molecule has 0 saturated carbocycles. The fourth-order valence-electron chi connectivity index (χ4n) is 3.35. The summed E-state index contributed by atoms with van der Waals surface area (Å²) < 4.78 is 6.17. The van der Waals surface area contributed by atoms with Gasteiger partial charge in [0, 0.05) is 21.2 Å². The minimum absolute atomic E-state index is 0.121. The van der Waals surface area contributed by atoms with Crippen LogP contribution >= 0.6 is 34.5 Å². The van der Waals surface area contributed by atoms with Crippen molar-refractivity contribution in [3.63, 3.8) is 0 Å². The number of nitrogens with one attached hydrogen (secondary N) is 2. The molecule has 4 rings (SSSR count). The van der Waals surface area contributed by atoms with Crippen molar-refractivity contribution >= 4 is 68.0 Å². The van der Waals surface area contributed by atoms with Crippen LogP contribution in [-0.4, -0.2) is 30.9 Å². The first-order valence-electron chi connectivity index (χ1n) is 9.25. The van der Waals surface area contributed by atoms with Crippen molar-refractivity contribution < 1.29 is 19.1 Å². The van der Waals surface area contributed by atoms with Crippen LogP contribution < -0.4 is 20.5 Å². The van der Waals surface area contributed by atoms with Crippen LogP contribution in [0, 0.1) is 6.92 Å². The summed E-state index contributed by atoms with van der Waals surface area (Å²) in [6, 6.07) is 9.65. The molecule has 2 aromatic carbocycles. The number of thiophene rings is 1. The number of ether oxygens (including phenoxy) is 1. The van der Waals surface area contributed by atoms with Gasteiger partial charge in [-0.2, -0.15) is 0 Å². The lowest BCUT2D eigenvalue weighted by molar-refractivity contribution is -0.121. The van der Waals surface area contributed by atoms with E-state index in [0.717, 1.165) is 15.0 Å². The summed E-state index contributed by atoms with van der Waals surface area (Å²) in [4.78, 5) is 39.5. The number of nitrogens with zero attached hydrogens (tertiary/aromatic N) is 1. The molecule has 10 heteroatoms. The van der Waals surface area contributed by atoms with Crippen molar-refractivity contribution in [2.24, 2.45) is 0 Å². The minimum atomic E-state index is -0.926. The molecule has 1 aliphatic rings. The molecule has 2 N–H and O–H groups in total.